The van der Waals surface area contributed by atoms with Gasteiger partial charge in [0.05, 0.1) is 11.5 Å². The van der Waals surface area contributed by atoms with E-state index >= 15 is 0 Å². The molecule has 0 radical (unpaired) electrons. The number of amides is 1. The zero-order chi connectivity index (χ0) is 18.0. The summed E-state index contributed by atoms with van der Waals surface area (Å²) in [6.45, 7) is 0.236. The lowest BCUT2D eigenvalue weighted by atomic mass is 9.83. The zero-order valence-electron chi connectivity index (χ0n) is 14.7. The highest BCUT2D eigenvalue weighted by Crippen LogP contribution is 2.43. The van der Waals surface area contributed by atoms with Crippen LogP contribution in [-0.2, 0) is 10.2 Å². The van der Waals surface area contributed by atoms with Crippen LogP contribution in [0.1, 0.15) is 42.2 Å². The van der Waals surface area contributed by atoms with E-state index in [1.807, 2.05) is 53.9 Å². The molecule has 1 amide bonds. The Morgan fingerprint density at radius 1 is 1.08 bits per heavy atom. The highest BCUT2D eigenvalue weighted by molar-refractivity contribution is 7.10. The Hall–Kier alpha value is -2.17. The Morgan fingerprint density at radius 3 is 2.62 bits per heavy atom. The molecule has 1 saturated carbocycles. The van der Waals surface area contributed by atoms with Crippen molar-refractivity contribution >= 4 is 28.0 Å². The van der Waals surface area contributed by atoms with Gasteiger partial charge in [-0.3, -0.25) is 4.79 Å². The summed E-state index contributed by atoms with van der Waals surface area (Å²) in [5.41, 5.74) is 0.451. The number of hydrogen-bond donors (Lipinski definition) is 2. The van der Waals surface area contributed by atoms with Gasteiger partial charge in [-0.1, -0.05) is 61.4 Å². The number of aliphatic hydroxyl groups is 1. The summed E-state index contributed by atoms with van der Waals surface area (Å²) in [7, 11) is 0. The molecule has 0 saturated heterocycles. The first-order valence-electron chi connectivity index (χ1n) is 9.19. The van der Waals surface area contributed by atoms with Crippen molar-refractivity contribution < 1.29 is 9.90 Å². The Morgan fingerprint density at radius 2 is 1.85 bits per heavy atom. The maximum absolute atomic E-state index is 13.0. The summed E-state index contributed by atoms with van der Waals surface area (Å²) in [5.74, 6) is 0.0525. The van der Waals surface area contributed by atoms with Gasteiger partial charge in [-0.15, -0.1) is 11.3 Å². The molecule has 1 heterocycles. The van der Waals surface area contributed by atoms with Crippen LogP contribution in [0.25, 0.3) is 10.8 Å². The molecule has 1 atom stereocenters. The first-order valence-corrected chi connectivity index (χ1v) is 10.1. The van der Waals surface area contributed by atoms with Crippen molar-refractivity contribution in [1.29, 1.82) is 0 Å². The van der Waals surface area contributed by atoms with Crippen molar-refractivity contribution in [3.05, 3.63) is 70.4 Å². The molecule has 26 heavy (non-hydrogen) atoms. The topological polar surface area (TPSA) is 49.3 Å². The number of carbonyl (C=O) groups is 1. The second-order valence-electron chi connectivity index (χ2n) is 7.06. The highest BCUT2D eigenvalue weighted by atomic mass is 32.1. The third-order valence-corrected chi connectivity index (χ3v) is 6.60. The van der Waals surface area contributed by atoms with Crippen LogP contribution in [0, 0.1) is 0 Å². The molecule has 1 aromatic heterocycles. The number of carbonyl (C=O) groups excluding carboxylic acids is 1. The van der Waals surface area contributed by atoms with Gasteiger partial charge in [-0.25, -0.2) is 0 Å². The lowest BCUT2D eigenvalue weighted by Crippen LogP contribution is -2.43. The Balaban J connectivity index is 1.52. The van der Waals surface area contributed by atoms with Crippen LogP contribution in [0.4, 0.5) is 0 Å². The third-order valence-electron chi connectivity index (χ3n) is 5.52. The van der Waals surface area contributed by atoms with Gasteiger partial charge in [-0.05, 0) is 40.6 Å². The van der Waals surface area contributed by atoms with Crippen LogP contribution in [0.15, 0.2) is 60.0 Å². The molecule has 0 aliphatic heterocycles. The Labute approximate surface area is 157 Å². The number of thiophene rings is 1. The van der Waals surface area contributed by atoms with Crippen LogP contribution in [0.2, 0.25) is 0 Å². The predicted octanol–water partition coefficient (Wildman–Crippen LogP) is 4.56. The summed E-state index contributed by atoms with van der Waals surface area (Å²) in [6, 6.07) is 18.0. The van der Waals surface area contributed by atoms with Gasteiger partial charge in [0, 0.05) is 11.4 Å². The average Bonchev–Trinajstić information content (AvgIpc) is 3.37. The van der Waals surface area contributed by atoms with Crippen LogP contribution in [0.5, 0.6) is 0 Å². The molecule has 1 fully saturated rings. The van der Waals surface area contributed by atoms with E-state index in [4.69, 9.17) is 0 Å². The minimum absolute atomic E-state index is 0.0525. The minimum Gasteiger partial charge on any atom is -0.387 e. The lowest BCUT2D eigenvalue weighted by molar-refractivity contribution is -0.127. The summed E-state index contributed by atoms with van der Waals surface area (Å²) >= 11 is 1.66. The largest absolute Gasteiger partial charge is 0.387 e. The number of aliphatic hydroxyl groups excluding tert-OH is 1. The van der Waals surface area contributed by atoms with Gasteiger partial charge in [0.15, 0.2) is 0 Å². The van der Waals surface area contributed by atoms with E-state index in [0.717, 1.165) is 46.9 Å². The molecule has 134 valence electrons. The average molecular weight is 365 g/mol. The van der Waals surface area contributed by atoms with Crippen molar-refractivity contribution in [3.63, 3.8) is 0 Å². The SMILES string of the molecule is O=C(NC[C@@H](O)c1cccc2ccccc12)C1(c2cccs2)CCCC1. The second-order valence-corrected chi connectivity index (χ2v) is 8.01. The van der Waals surface area contributed by atoms with Crippen LogP contribution >= 0.6 is 11.3 Å². The second kappa shape index (κ2) is 7.22. The zero-order valence-corrected chi connectivity index (χ0v) is 15.5. The molecule has 3 aromatic rings. The first kappa shape index (κ1) is 17.3. The number of benzene rings is 2. The first-order chi connectivity index (χ1) is 12.7. The molecule has 4 rings (SSSR count). The van der Waals surface area contributed by atoms with Crippen LogP contribution in [-0.4, -0.2) is 17.6 Å². The number of fused-ring (bicyclic) bond motifs is 1. The van der Waals surface area contributed by atoms with Gasteiger partial charge in [0.1, 0.15) is 0 Å². The van der Waals surface area contributed by atoms with Gasteiger partial charge in [0.25, 0.3) is 0 Å². The molecule has 0 unspecified atom stereocenters. The van der Waals surface area contributed by atoms with Crippen molar-refractivity contribution in [2.75, 3.05) is 6.54 Å². The molecule has 2 N–H and O–H groups in total. The third kappa shape index (κ3) is 3.04. The van der Waals surface area contributed by atoms with Gasteiger partial charge in [-0.2, -0.15) is 0 Å². The molecule has 4 heteroatoms. The van der Waals surface area contributed by atoms with Crippen LogP contribution < -0.4 is 5.32 Å². The van der Waals surface area contributed by atoms with Gasteiger partial charge < -0.3 is 10.4 Å². The smallest absolute Gasteiger partial charge is 0.231 e. The summed E-state index contributed by atoms with van der Waals surface area (Å²) < 4.78 is 0. The van der Waals surface area contributed by atoms with E-state index in [1.54, 1.807) is 11.3 Å². The molecule has 0 spiro atoms. The van der Waals surface area contributed by atoms with E-state index in [-0.39, 0.29) is 12.5 Å². The quantitative estimate of drug-likeness (QED) is 0.696. The Bertz CT molecular complexity index is 892. The van der Waals surface area contributed by atoms with Crippen LogP contribution in [0.3, 0.4) is 0 Å². The monoisotopic (exact) mass is 365 g/mol. The van der Waals surface area contributed by atoms with Gasteiger partial charge >= 0.3 is 0 Å². The number of nitrogens with one attached hydrogen (secondary N) is 1. The number of hydrogen-bond acceptors (Lipinski definition) is 3. The predicted molar refractivity (Wildman–Crippen MR) is 106 cm³/mol. The normalized spacial score (nSPS) is 17.3. The highest BCUT2D eigenvalue weighted by Gasteiger charge is 2.43. The lowest BCUT2D eigenvalue weighted by Gasteiger charge is -2.27. The standard InChI is InChI=1S/C22H23NO2S/c24-19(18-10-5-8-16-7-1-2-9-17(16)18)15-23-21(25)22(12-3-4-13-22)20-11-6-14-26-20/h1-2,5-11,14,19,24H,3-4,12-13,15H2,(H,23,25)/t19-/m1/s1. The fourth-order valence-corrected chi connectivity index (χ4v) is 5.11. The molecule has 0 bridgehead atoms. The Kier molecular flexibility index (Phi) is 4.79. The van der Waals surface area contributed by atoms with Crippen molar-refractivity contribution in [2.24, 2.45) is 0 Å². The number of rotatable bonds is 5. The van der Waals surface area contributed by atoms with E-state index in [1.165, 1.54) is 0 Å². The van der Waals surface area contributed by atoms with Gasteiger partial charge in [0.2, 0.25) is 5.91 Å². The fraction of sp³-hybridized carbons (Fsp3) is 0.318. The molecule has 2 aromatic carbocycles. The summed E-state index contributed by atoms with van der Waals surface area (Å²) in [4.78, 5) is 14.2. The summed E-state index contributed by atoms with van der Waals surface area (Å²) in [5, 5.41) is 17.9. The minimum atomic E-state index is -0.716. The maximum Gasteiger partial charge on any atom is 0.231 e. The van der Waals surface area contributed by atoms with Crippen molar-refractivity contribution in [2.45, 2.75) is 37.2 Å². The maximum atomic E-state index is 13.0. The van der Waals surface area contributed by atoms with E-state index in [2.05, 4.69) is 11.4 Å². The summed E-state index contributed by atoms with van der Waals surface area (Å²) in [6.07, 6.45) is 3.23. The molecular formula is C22H23NO2S. The molecule has 3 nitrogen and oxygen atoms in total. The van der Waals surface area contributed by atoms with E-state index in [0.29, 0.717) is 0 Å². The van der Waals surface area contributed by atoms with Crippen molar-refractivity contribution in [1.82, 2.24) is 5.32 Å². The fourth-order valence-electron chi connectivity index (χ4n) is 4.12. The van der Waals surface area contributed by atoms with E-state index in [9.17, 15) is 9.90 Å². The van der Waals surface area contributed by atoms with Crippen molar-refractivity contribution in [3.8, 4) is 0 Å². The molecule has 1 aliphatic rings. The molecule has 1 aliphatic carbocycles. The molecular weight excluding hydrogens is 342 g/mol. The van der Waals surface area contributed by atoms with E-state index < -0.39 is 11.5 Å².